The third-order valence-electron chi connectivity index (χ3n) is 6.30. The average Bonchev–Trinajstić information content (AvgIpc) is 3.53. The molecule has 0 spiro atoms. The molecule has 0 atom stereocenters. The molecule has 2 aromatic carbocycles. The maximum absolute atomic E-state index is 12.8. The number of aromatic amines is 1. The maximum atomic E-state index is 12.8. The van der Waals surface area contributed by atoms with E-state index in [9.17, 15) is 14.4 Å². The van der Waals surface area contributed by atoms with Crippen molar-refractivity contribution >= 4 is 28.6 Å². The van der Waals surface area contributed by atoms with E-state index in [1.165, 1.54) is 0 Å². The van der Waals surface area contributed by atoms with E-state index in [4.69, 9.17) is 4.74 Å². The van der Waals surface area contributed by atoms with E-state index in [0.29, 0.717) is 29.7 Å². The second kappa shape index (κ2) is 9.77. The fourth-order valence-electron chi connectivity index (χ4n) is 4.55. The molecule has 0 unspecified atom stereocenters. The van der Waals surface area contributed by atoms with Gasteiger partial charge in [0.25, 0.3) is 11.5 Å². The number of rotatable bonds is 7. The first-order valence-corrected chi connectivity index (χ1v) is 12.2. The molecule has 188 valence electrons. The average molecular weight is 498 g/mol. The lowest BCUT2D eigenvalue weighted by molar-refractivity contribution is 0.0518. The lowest BCUT2D eigenvalue weighted by Gasteiger charge is -2.12. The molecular formula is C28H27N5O4. The van der Waals surface area contributed by atoms with Gasteiger partial charge in [0, 0.05) is 24.5 Å². The minimum Gasteiger partial charge on any atom is -0.461 e. The molecule has 3 aromatic heterocycles. The van der Waals surface area contributed by atoms with E-state index < -0.39 is 5.97 Å². The van der Waals surface area contributed by atoms with Crippen molar-refractivity contribution in [3.05, 3.63) is 99.4 Å². The number of amides is 1. The summed E-state index contributed by atoms with van der Waals surface area (Å²) < 4.78 is 8.89. The molecule has 0 aliphatic carbocycles. The molecule has 9 heteroatoms. The van der Waals surface area contributed by atoms with Gasteiger partial charge < -0.3 is 19.6 Å². The van der Waals surface area contributed by atoms with Crippen LogP contribution in [-0.2, 0) is 17.7 Å². The van der Waals surface area contributed by atoms with Gasteiger partial charge in [0.2, 0.25) is 5.65 Å². The fourth-order valence-corrected chi connectivity index (χ4v) is 4.55. The van der Waals surface area contributed by atoms with Gasteiger partial charge in [0.05, 0.1) is 29.0 Å². The summed E-state index contributed by atoms with van der Waals surface area (Å²) in [4.78, 5) is 45.0. The number of ether oxygens (including phenoxy) is 1. The Morgan fingerprint density at radius 1 is 1.11 bits per heavy atom. The molecule has 0 fully saturated rings. The second-order valence-corrected chi connectivity index (χ2v) is 8.73. The first kappa shape index (κ1) is 24.1. The van der Waals surface area contributed by atoms with Crippen molar-refractivity contribution < 1.29 is 14.3 Å². The van der Waals surface area contributed by atoms with Crippen LogP contribution in [0.5, 0.6) is 0 Å². The molecule has 0 aliphatic heterocycles. The zero-order chi connectivity index (χ0) is 26.1. The molecule has 37 heavy (non-hydrogen) atoms. The minimum atomic E-state index is -0.546. The van der Waals surface area contributed by atoms with Crippen LogP contribution in [0.4, 0.5) is 0 Å². The number of hydrogen-bond donors (Lipinski definition) is 2. The first-order chi connectivity index (χ1) is 17.9. The molecule has 9 nitrogen and oxygen atoms in total. The highest BCUT2D eigenvalue weighted by atomic mass is 16.5. The molecular weight excluding hydrogens is 470 g/mol. The summed E-state index contributed by atoms with van der Waals surface area (Å²) in [7, 11) is 0. The summed E-state index contributed by atoms with van der Waals surface area (Å²) in [5.41, 5.74) is 5.32. The van der Waals surface area contributed by atoms with Gasteiger partial charge in [-0.15, -0.1) is 0 Å². The first-order valence-electron chi connectivity index (χ1n) is 12.2. The summed E-state index contributed by atoms with van der Waals surface area (Å²) in [6.45, 7) is 6.21. The Balaban J connectivity index is 1.54. The number of H-pyrrole nitrogens is 1. The quantitative estimate of drug-likeness (QED) is 0.331. The number of fused-ring (bicyclic) bond motifs is 3. The Morgan fingerprint density at radius 2 is 1.89 bits per heavy atom. The number of nitrogens with zero attached hydrogens (tertiary/aromatic N) is 3. The van der Waals surface area contributed by atoms with Gasteiger partial charge in [-0.1, -0.05) is 25.1 Å². The van der Waals surface area contributed by atoms with Crippen molar-refractivity contribution in [1.29, 1.82) is 0 Å². The van der Waals surface area contributed by atoms with Crippen LogP contribution < -0.4 is 10.9 Å². The van der Waals surface area contributed by atoms with Crippen molar-refractivity contribution in [3.8, 4) is 5.69 Å². The Labute approximate surface area is 212 Å². The number of hydrogen-bond acceptors (Lipinski definition) is 5. The zero-order valence-electron chi connectivity index (χ0n) is 20.9. The normalized spacial score (nSPS) is 11.2. The SMILES string of the molecule is CCOC(=O)c1nc2c(=O)[nH]c3cc(C)c(-n4ccc(CNC(=O)c5ccccc5)c4)cc3n2c1CC. The van der Waals surface area contributed by atoms with Crippen molar-refractivity contribution in [2.24, 2.45) is 0 Å². The highest BCUT2D eigenvalue weighted by Crippen LogP contribution is 2.25. The van der Waals surface area contributed by atoms with Crippen LogP contribution >= 0.6 is 0 Å². The predicted molar refractivity (Wildman–Crippen MR) is 140 cm³/mol. The summed E-state index contributed by atoms with van der Waals surface area (Å²) in [6.07, 6.45) is 4.38. The van der Waals surface area contributed by atoms with Crippen molar-refractivity contribution in [1.82, 2.24) is 24.3 Å². The standard InChI is InChI=1S/C28H27N5O4/c1-4-21-24(28(36)37-5-2)31-25-27(35)30-20-13-17(3)22(14-23(20)33(21)25)32-12-11-18(16-32)15-29-26(34)19-9-7-6-8-10-19/h6-14,16H,4-5,15H2,1-3H3,(H,29,34)(H,30,35). The topological polar surface area (TPSA) is 110 Å². The lowest BCUT2D eigenvalue weighted by Crippen LogP contribution is -2.22. The van der Waals surface area contributed by atoms with Gasteiger partial charge in [-0.2, -0.15) is 0 Å². The van der Waals surface area contributed by atoms with E-state index in [-0.39, 0.29) is 29.4 Å². The zero-order valence-corrected chi connectivity index (χ0v) is 20.9. The molecule has 0 saturated carbocycles. The van der Waals surface area contributed by atoms with Crippen LogP contribution in [-0.4, -0.2) is 37.4 Å². The van der Waals surface area contributed by atoms with E-state index in [2.05, 4.69) is 15.3 Å². The van der Waals surface area contributed by atoms with Crippen LogP contribution in [0, 0.1) is 6.92 Å². The van der Waals surface area contributed by atoms with Crippen LogP contribution in [0.25, 0.3) is 22.4 Å². The van der Waals surface area contributed by atoms with E-state index in [1.54, 1.807) is 23.5 Å². The lowest BCUT2D eigenvalue weighted by atomic mass is 10.1. The largest absolute Gasteiger partial charge is 0.461 e. The van der Waals surface area contributed by atoms with Gasteiger partial charge in [-0.05, 0) is 61.7 Å². The van der Waals surface area contributed by atoms with Crippen LogP contribution in [0.1, 0.15) is 51.5 Å². The van der Waals surface area contributed by atoms with Gasteiger partial charge in [-0.25, -0.2) is 9.78 Å². The molecule has 0 bridgehead atoms. The monoisotopic (exact) mass is 497 g/mol. The molecule has 3 heterocycles. The van der Waals surface area contributed by atoms with E-state index in [1.807, 2.05) is 67.2 Å². The van der Waals surface area contributed by atoms with Crippen molar-refractivity contribution in [3.63, 3.8) is 0 Å². The van der Waals surface area contributed by atoms with Crippen molar-refractivity contribution in [2.45, 2.75) is 33.7 Å². The predicted octanol–water partition coefficient (Wildman–Crippen LogP) is 3.94. The van der Waals surface area contributed by atoms with Crippen LogP contribution in [0.3, 0.4) is 0 Å². The molecule has 2 N–H and O–H groups in total. The maximum Gasteiger partial charge on any atom is 0.358 e. The Bertz CT molecular complexity index is 1690. The number of nitrogens with one attached hydrogen (secondary N) is 2. The Hall–Kier alpha value is -4.66. The number of carbonyl (C=O) groups is 2. The number of esters is 1. The number of aromatic nitrogens is 4. The fraction of sp³-hybridized carbons (Fsp3) is 0.214. The highest BCUT2D eigenvalue weighted by Gasteiger charge is 2.22. The summed E-state index contributed by atoms with van der Waals surface area (Å²) >= 11 is 0. The third-order valence-corrected chi connectivity index (χ3v) is 6.30. The molecule has 0 aliphatic rings. The number of benzene rings is 2. The van der Waals surface area contributed by atoms with Gasteiger partial charge in [-0.3, -0.25) is 14.0 Å². The van der Waals surface area contributed by atoms with E-state index in [0.717, 1.165) is 22.3 Å². The molecule has 5 aromatic rings. The van der Waals surface area contributed by atoms with Gasteiger partial charge in [0.15, 0.2) is 5.69 Å². The highest BCUT2D eigenvalue weighted by molar-refractivity contribution is 5.94. The van der Waals surface area contributed by atoms with Gasteiger partial charge in [0.1, 0.15) is 0 Å². The summed E-state index contributed by atoms with van der Waals surface area (Å²) in [6, 6.07) is 14.9. The molecule has 0 saturated heterocycles. The molecule has 1 amide bonds. The minimum absolute atomic E-state index is 0.133. The number of aryl methyl sites for hydroxylation is 2. The van der Waals surface area contributed by atoms with E-state index >= 15 is 0 Å². The third kappa shape index (κ3) is 4.40. The number of carbonyl (C=O) groups excluding carboxylic acids is 2. The van der Waals surface area contributed by atoms with Crippen LogP contribution in [0.2, 0.25) is 0 Å². The summed E-state index contributed by atoms with van der Waals surface area (Å²) in [5.74, 6) is -0.679. The summed E-state index contributed by atoms with van der Waals surface area (Å²) in [5, 5.41) is 2.95. The Morgan fingerprint density at radius 3 is 2.62 bits per heavy atom. The van der Waals surface area contributed by atoms with Crippen LogP contribution in [0.15, 0.2) is 65.7 Å². The molecule has 5 rings (SSSR count). The smallest absolute Gasteiger partial charge is 0.358 e. The Kier molecular flexibility index (Phi) is 6.35. The van der Waals surface area contributed by atoms with Gasteiger partial charge >= 0.3 is 5.97 Å². The second-order valence-electron chi connectivity index (χ2n) is 8.73. The molecule has 0 radical (unpaired) electrons. The number of imidazole rings is 1. The van der Waals surface area contributed by atoms with Crippen molar-refractivity contribution in [2.75, 3.05) is 6.61 Å².